The molecule has 0 amide bonds. The van der Waals surface area contributed by atoms with Gasteiger partial charge in [0, 0.05) is 27.4 Å². The standard InChI is InChI=1S/C9H19F5O3SSi/c1-15-19(16-2,17-3)9-7-5-4-6-8-18(10,11,12,13)14/h6,8H,4-5,7,9H2,1-3H3. The van der Waals surface area contributed by atoms with E-state index in [2.05, 4.69) is 0 Å². The molecule has 0 N–H and O–H groups in total. The van der Waals surface area contributed by atoms with Gasteiger partial charge in [0.25, 0.3) is 0 Å². The summed E-state index contributed by atoms with van der Waals surface area (Å²) in [6.45, 7) is 0. The van der Waals surface area contributed by atoms with Crippen molar-refractivity contribution in [2.24, 2.45) is 0 Å². The van der Waals surface area contributed by atoms with Gasteiger partial charge < -0.3 is 13.3 Å². The molecule has 0 aromatic rings. The van der Waals surface area contributed by atoms with Crippen LogP contribution < -0.4 is 0 Å². The van der Waals surface area contributed by atoms with Crippen molar-refractivity contribution in [3.05, 3.63) is 11.5 Å². The van der Waals surface area contributed by atoms with E-state index in [9.17, 15) is 19.4 Å². The predicted molar refractivity (Wildman–Crippen MR) is 67.7 cm³/mol. The molecule has 0 aromatic carbocycles. The lowest BCUT2D eigenvalue weighted by molar-refractivity contribution is 0.123. The highest BCUT2D eigenvalue weighted by molar-refractivity contribution is 8.48. The molecule has 19 heavy (non-hydrogen) atoms. The van der Waals surface area contributed by atoms with Crippen molar-refractivity contribution in [2.45, 2.75) is 25.3 Å². The first kappa shape index (κ1) is 18.8. The number of rotatable bonds is 9. The van der Waals surface area contributed by atoms with Gasteiger partial charge in [0.05, 0.1) is 5.41 Å². The molecule has 0 heterocycles. The maximum atomic E-state index is 11.9. The van der Waals surface area contributed by atoms with E-state index in [1.54, 1.807) is 0 Å². The van der Waals surface area contributed by atoms with Crippen LogP contribution in [0, 0.1) is 0 Å². The van der Waals surface area contributed by atoms with Crippen LogP contribution in [0.25, 0.3) is 0 Å². The Morgan fingerprint density at radius 1 is 0.895 bits per heavy atom. The Balaban J connectivity index is 4.12. The van der Waals surface area contributed by atoms with Gasteiger partial charge in [0.15, 0.2) is 0 Å². The van der Waals surface area contributed by atoms with Crippen LogP contribution in [0.4, 0.5) is 19.4 Å². The number of hydrogen-bond acceptors (Lipinski definition) is 3. The fraction of sp³-hybridized carbons (Fsp3) is 0.778. The van der Waals surface area contributed by atoms with Gasteiger partial charge in [-0.25, -0.2) is 0 Å². The Morgan fingerprint density at radius 2 is 1.37 bits per heavy atom. The summed E-state index contributed by atoms with van der Waals surface area (Å²) in [5.74, 6) is 0. The van der Waals surface area contributed by atoms with E-state index in [4.69, 9.17) is 13.3 Å². The average Bonchev–Trinajstić information content (AvgIpc) is 2.26. The molecule has 118 valence electrons. The third kappa shape index (κ3) is 9.38. The van der Waals surface area contributed by atoms with Gasteiger partial charge >= 0.3 is 19.0 Å². The van der Waals surface area contributed by atoms with Crippen LogP contribution >= 0.6 is 10.2 Å². The molecule has 0 aromatic heterocycles. The maximum absolute atomic E-state index is 11.9. The molecule has 0 rings (SSSR count). The Hall–Kier alpha value is -0.163. The zero-order chi connectivity index (χ0) is 15.3. The Kier molecular flexibility index (Phi) is 5.63. The van der Waals surface area contributed by atoms with Crippen molar-refractivity contribution in [2.75, 3.05) is 21.3 Å². The molecule has 0 unspecified atom stereocenters. The highest BCUT2D eigenvalue weighted by Gasteiger charge is 2.60. The van der Waals surface area contributed by atoms with Crippen molar-refractivity contribution in [1.29, 1.82) is 0 Å². The number of unbranched alkanes of at least 4 members (excludes halogenated alkanes) is 2. The molecule has 0 aliphatic rings. The molecule has 0 saturated carbocycles. The fourth-order valence-electron chi connectivity index (χ4n) is 1.41. The van der Waals surface area contributed by atoms with Crippen LogP contribution in [0.3, 0.4) is 0 Å². The van der Waals surface area contributed by atoms with Crippen LogP contribution in [0.5, 0.6) is 0 Å². The Morgan fingerprint density at radius 3 is 1.74 bits per heavy atom. The van der Waals surface area contributed by atoms with E-state index in [-0.39, 0.29) is 6.42 Å². The van der Waals surface area contributed by atoms with Gasteiger partial charge in [-0.1, -0.05) is 25.5 Å². The number of allylic oxidation sites excluding steroid dienone is 1. The third-order valence-electron chi connectivity index (χ3n) is 2.39. The van der Waals surface area contributed by atoms with E-state index in [1.165, 1.54) is 21.3 Å². The quantitative estimate of drug-likeness (QED) is 0.344. The molecule has 0 radical (unpaired) electrons. The lowest BCUT2D eigenvalue weighted by Gasteiger charge is -2.36. The second kappa shape index (κ2) is 5.68. The van der Waals surface area contributed by atoms with Gasteiger partial charge in [-0.15, -0.1) is 0 Å². The minimum Gasteiger partial charge on any atom is -0.377 e. The zero-order valence-corrected chi connectivity index (χ0v) is 12.8. The molecule has 0 fully saturated rings. The summed E-state index contributed by atoms with van der Waals surface area (Å²) in [5.41, 5.74) is 0. The first-order chi connectivity index (χ1) is 8.37. The average molecular weight is 330 g/mol. The van der Waals surface area contributed by atoms with Crippen molar-refractivity contribution in [3.63, 3.8) is 0 Å². The summed E-state index contributed by atoms with van der Waals surface area (Å²) in [6.07, 6.45) is 1.14. The maximum Gasteiger partial charge on any atom is 0.500 e. The molecule has 10 heteroatoms. The van der Waals surface area contributed by atoms with Gasteiger partial charge in [0.2, 0.25) is 0 Å². The molecule has 0 aliphatic heterocycles. The molecule has 0 atom stereocenters. The second-order valence-corrected chi connectivity index (χ2v) is 9.36. The van der Waals surface area contributed by atoms with Crippen molar-refractivity contribution in [1.82, 2.24) is 0 Å². The smallest absolute Gasteiger partial charge is 0.377 e. The molecular formula is C9H19F5O3SSi. The summed E-state index contributed by atoms with van der Waals surface area (Å²) in [4.78, 5) is 0. The largest absolute Gasteiger partial charge is 0.500 e. The van der Waals surface area contributed by atoms with Crippen LogP contribution in [-0.2, 0) is 13.3 Å². The topological polar surface area (TPSA) is 27.7 Å². The Labute approximate surface area is 110 Å². The SMILES string of the molecule is CO[Si](CCCCC=CS(F)(F)(F)(F)F)(OC)OC. The van der Waals surface area contributed by atoms with Crippen LogP contribution in [0.1, 0.15) is 19.3 Å². The first-order valence-electron chi connectivity index (χ1n) is 5.44. The van der Waals surface area contributed by atoms with Crippen molar-refractivity contribution in [3.8, 4) is 0 Å². The van der Waals surface area contributed by atoms with Gasteiger partial charge in [0.1, 0.15) is 0 Å². The minimum absolute atomic E-state index is 0.0901. The van der Waals surface area contributed by atoms with E-state index in [0.29, 0.717) is 25.0 Å². The second-order valence-electron chi connectivity index (χ2n) is 3.94. The summed E-state index contributed by atoms with van der Waals surface area (Å²) < 4.78 is 75.0. The van der Waals surface area contributed by atoms with Gasteiger partial charge in [-0.05, 0) is 19.3 Å². The molecule has 0 bridgehead atoms. The van der Waals surface area contributed by atoms with E-state index in [1.807, 2.05) is 0 Å². The van der Waals surface area contributed by atoms with Crippen molar-refractivity contribution >= 4 is 19.0 Å². The first-order valence-corrected chi connectivity index (χ1v) is 9.39. The summed E-state index contributed by atoms with van der Waals surface area (Å²) in [7, 11) is -7.87. The summed E-state index contributed by atoms with van der Waals surface area (Å²) in [5, 5.41) is -0.909. The van der Waals surface area contributed by atoms with E-state index < -0.39 is 24.4 Å². The van der Waals surface area contributed by atoms with Gasteiger partial charge in [-0.2, -0.15) is 0 Å². The normalized spacial score (nSPS) is 17.5. The predicted octanol–water partition coefficient (Wildman–Crippen LogP) is 4.85. The fourth-order valence-corrected chi connectivity index (χ4v) is 3.70. The highest BCUT2D eigenvalue weighted by atomic mass is 32.5. The molecule has 0 aliphatic carbocycles. The van der Waals surface area contributed by atoms with Crippen LogP contribution in [0.15, 0.2) is 11.5 Å². The lowest BCUT2D eigenvalue weighted by atomic mass is 10.2. The monoisotopic (exact) mass is 330 g/mol. The summed E-state index contributed by atoms with van der Waals surface area (Å²) in [6, 6.07) is 0.417. The lowest BCUT2D eigenvalue weighted by Crippen LogP contribution is -2.42. The van der Waals surface area contributed by atoms with E-state index >= 15 is 0 Å². The van der Waals surface area contributed by atoms with Crippen LogP contribution in [0.2, 0.25) is 6.04 Å². The van der Waals surface area contributed by atoms with Gasteiger partial charge in [-0.3, -0.25) is 0 Å². The molecule has 0 saturated heterocycles. The van der Waals surface area contributed by atoms with Crippen molar-refractivity contribution < 1.29 is 32.7 Å². The van der Waals surface area contributed by atoms with Crippen LogP contribution in [-0.4, -0.2) is 30.1 Å². The summed E-state index contributed by atoms with van der Waals surface area (Å²) >= 11 is 0. The highest BCUT2D eigenvalue weighted by Crippen LogP contribution is 2.98. The number of hydrogen-bond donors (Lipinski definition) is 0. The Bertz CT molecular complexity index is 306. The molecular weight excluding hydrogens is 311 g/mol. The molecule has 0 spiro atoms. The third-order valence-corrected chi connectivity index (χ3v) is 5.93. The minimum atomic E-state index is -9.41. The number of halogens is 5. The molecule has 3 nitrogen and oxygen atoms in total. The van der Waals surface area contributed by atoms with E-state index in [0.717, 1.165) is 0 Å². The zero-order valence-electron chi connectivity index (χ0n) is 11.0.